The molecule has 0 saturated heterocycles. The predicted molar refractivity (Wildman–Crippen MR) is 40.3 cm³/mol. The summed E-state index contributed by atoms with van der Waals surface area (Å²) in [6.45, 7) is 1.39. The fraction of sp³-hybridized carbons (Fsp3) is 0.667. The molecule has 64 valence electrons. The number of halogens is 1. The van der Waals surface area contributed by atoms with Crippen LogP contribution in [0.4, 0.5) is 0 Å². The smallest absolute Gasteiger partial charge is 0.325 e. The summed E-state index contributed by atoms with van der Waals surface area (Å²) in [7, 11) is 1.25. The first kappa shape index (κ1) is 10.2. The van der Waals surface area contributed by atoms with Crippen LogP contribution in [-0.2, 0) is 14.3 Å². The van der Waals surface area contributed by atoms with Gasteiger partial charge in [0.05, 0.1) is 7.11 Å². The highest BCUT2D eigenvalue weighted by molar-refractivity contribution is 6.30. The molecule has 0 aliphatic heterocycles. The standard InChI is InChI=1S/C6H10ClNO3/c1-4(7)6(10)8-3-5(9)11-2/h4H,3H2,1-2H3,(H,8,10)/t4-/m0/s1. The Labute approximate surface area is 69.9 Å². The van der Waals surface area contributed by atoms with Gasteiger partial charge in [-0.15, -0.1) is 11.6 Å². The summed E-state index contributed by atoms with van der Waals surface area (Å²) < 4.78 is 4.28. The molecule has 0 heterocycles. The molecule has 0 bridgehead atoms. The molecule has 0 rings (SSSR count). The van der Waals surface area contributed by atoms with E-state index in [-0.39, 0.29) is 12.5 Å². The molecule has 1 N–H and O–H groups in total. The molecule has 0 radical (unpaired) electrons. The fourth-order valence-corrected chi connectivity index (χ4v) is 0.449. The quantitative estimate of drug-likeness (QED) is 0.487. The van der Waals surface area contributed by atoms with Crippen LogP contribution in [0, 0.1) is 0 Å². The molecule has 0 saturated carbocycles. The van der Waals surface area contributed by atoms with Gasteiger partial charge in [-0.2, -0.15) is 0 Å². The van der Waals surface area contributed by atoms with Crippen molar-refractivity contribution in [2.45, 2.75) is 12.3 Å². The molecule has 1 atom stereocenters. The Balaban J connectivity index is 3.54. The number of nitrogens with one attached hydrogen (secondary N) is 1. The van der Waals surface area contributed by atoms with Crippen LogP contribution in [0.25, 0.3) is 0 Å². The molecule has 0 aliphatic carbocycles. The largest absolute Gasteiger partial charge is 0.468 e. The van der Waals surface area contributed by atoms with E-state index in [1.54, 1.807) is 0 Å². The molecular formula is C6H10ClNO3. The van der Waals surface area contributed by atoms with Crippen molar-refractivity contribution in [3.05, 3.63) is 0 Å². The van der Waals surface area contributed by atoms with E-state index in [0.717, 1.165) is 0 Å². The monoisotopic (exact) mass is 179 g/mol. The molecule has 0 aromatic heterocycles. The molecule has 0 fully saturated rings. The van der Waals surface area contributed by atoms with Crippen LogP contribution in [0.5, 0.6) is 0 Å². The van der Waals surface area contributed by atoms with Crippen molar-refractivity contribution in [1.82, 2.24) is 5.32 Å². The van der Waals surface area contributed by atoms with Crippen LogP contribution in [0.2, 0.25) is 0 Å². The minimum atomic E-state index is -0.625. The summed E-state index contributed by atoms with van der Waals surface area (Å²) in [4.78, 5) is 21.2. The molecule has 0 aliphatic rings. The maximum absolute atomic E-state index is 10.7. The number of carbonyl (C=O) groups is 2. The zero-order valence-corrected chi connectivity index (χ0v) is 7.14. The highest BCUT2D eigenvalue weighted by Crippen LogP contribution is 1.91. The molecule has 11 heavy (non-hydrogen) atoms. The number of hydrogen-bond acceptors (Lipinski definition) is 3. The Morgan fingerprint density at radius 1 is 1.64 bits per heavy atom. The molecule has 0 unspecified atom stereocenters. The van der Waals surface area contributed by atoms with Crippen LogP contribution in [0.1, 0.15) is 6.92 Å². The van der Waals surface area contributed by atoms with Gasteiger partial charge < -0.3 is 10.1 Å². The molecule has 0 aromatic carbocycles. The van der Waals surface area contributed by atoms with E-state index >= 15 is 0 Å². The summed E-state index contributed by atoms with van der Waals surface area (Å²) in [5.41, 5.74) is 0. The normalized spacial score (nSPS) is 11.9. The fourth-order valence-electron chi connectivity index (χ4n) is 0.372. The van der Waals surface area contributed by atoms with Gasteiger partial charge in [0, 0.05) is 0 Å². The van der Waals surface area contributed by atoms with E-state index < -0.39 is 11.3 Å². The summed E-state index contributed by atoms with van der Waals surface area (Å²) in [5.74, 6) is -0.868. The van der Waals surface area contributed by atoms with Gasteiger partial charge in [-0.1, -0.05) is 0 Å². The van der Waals surface area contributed by atoms with Crippen LogP contribution < -0.4 is 5.32 Å². The molecule has 5 heteroatoms. The average Bonchev–Trinajstić information content (AvgIpc) is 1.99. The van der Waals surface area contributed by atoms with Gasteiger partial charge in [0.1, 0.15) is 11.9 Å². The van der Waals surface area contributed by atoms with Crippen molar-refractivity contribution in [1.29, 1.82) is 0 Å². The number of esters is 1. The number of alkyl halides is 1. The predicted octanol–water partition coefficient (Wildman–Crippen LogP) is -0.0971. The van der Waals surface area contributed by atoms with Crippen molar-refractivity contribution >= 4 is 23.5 Å². The number of hydrogen-bond donors (Lipinski definition) is 1. The molecule has 0 aromatic rings. The third-order valence-corrected chi connectivity index (χ3v) is 1.19. The van der Waals surface area contributed by atoms with E-state index in [1.165, 1.54) is 14.0 Å². The number of methoxy groups -OCH3 is 1. The highest BCUT2D eigenvalue weighted by Gasteiger charge is 2.09. The SMILES string of the molecule is COC(=O)CNC(=O)[C@H](C)Cl. The van der Waals surface area contributed by atoms with Gasteiger partial charge in [0.25, 0.3) is 0 Å². The van der Waals surface area contributed by atoms with Crippen molar-refractivity contribution in [2.75, 3.05) is 13.7 Å². The van der Waals surface area contributed by atoms with Gasteiger partial charge in [-0.3, -0.25) is 9.59 Å². The van der Waals surface area contributed by atoms with Crippen molar-refractivity contribution in [2.24, 2.45) is 0 Å². The van der Waals surface area contributed by atoms with Crippen LogP contribution in [0.15, 0.2) is 0 Å². The van der Waals surface area contributed by atoms with Crippen LogP contribution in [-0.4, -0.2) is 30.9 Å². The third kappa shape index (κ3) is 4.61. The molecule has 1 amide bonds. The first-order valence-corrected chi connectivity index (χ1v) is 3.50. The Morgan fingerprint density at radius 3 is 2.55 bits per heavy atom. The Bertz CT molecular complexity index is 158. The van der Waals surface area contributed by atoms with Gasteiger partial charge in [-0.05, 0) is 6.92 Å². The highest BCUT2D eigenvalue weighted by atomic mass is 35.5. The second-order valence-electron chi connectivity index (χ2n) is 1.91. The molecule has 4 nitrogen and oxygen atoms in total. The lowest BCUT2D eigenvalue weighted by Gasteiger charge is -2.03. The third-order valence-electron chi connectivity index (χ3n) is 0.996. The van der Waals surface area contributed by atoms with E-state index in [0.29, 0.717) is 0 Å². The lowest BCUT2D eigenvalue weighted by Crippen LogP contribution is -2.34. The Morgan fingerprint density at radius 2 is 2.18 bits per heavy atom. The van der Waals surface area contributed by atoms with E-state index in [4.69, 9.17) is 11.6 Å². The van der Waals surface area contributed by atoms with Gasteiger partial charge in [0.15, 0.2) is 0 Å². The van der Waals surface area contributed by atoms with Crippen molar-refractivity contribution in [3.8, 4) is 0 Å². The van der Waals surface area contributed by atoms with Gasteiger partial charge >= 0.3 is 5.97 Å². The van der Waals surface area contributed by atoms with Gasteiger partial charge in [0.2, 0.25) is 5.91 Å². The lowest BCUT2D eigenvalue weighted by molar-refractivity contribution is -0.141. The first-order chi connectivity index (χ1) is 5.07. The van der Waals surface area contributed by atoms with E-state index in [2.05, 4.69) is 10.1 Å². The maximum Gasteiger partial charge on any atom is 0.325 e. The molecule has 0 spiro atoms. The van der Waals surface area contributed by atoms with Crippen LogP contribution >= 0.6 is 11.6 Å². The van der Waals surface area contributed by atoms with E-state index in [1.807, 2.05) is 0 Å². The summed E-state index contributed by atoms with van der Waals surface area (Å²) in [5, 5.41) is 1.66. The summed E-state index contributed by atoms with van der Waals surface area (Å²) in [6, 6.07) is 0. The maximum atomic E-state index is 10.7. The topological polar surface area (TPSA) is 55.4 Å². The first-order valence-electron chi connectivity index (χ1n) is 3.06. The lowest BCUT2D eigenvalue weighted by atomic mass is 10.4. The van der Waals surface area contributed by atoms with Crippen molar-refractivity contribution < 1.29 is 14.3 Å². The number of ether oxygens (including phenoxy) is 1. The summed E-state index contributed by atoms with van der Waals surface area (Å²) >= 11 is 5.39. The summed E-state index contributed by atoms with van der Waals surface area (Å²) in [6.07, 6.45) is 0. The minimum Gasteiger partial charge on any atom is -0.468 e. The van der Waals surface area contributed by atoms with Gasteiger partial charge in [-0.25, -0.2) is 0 Å². The second kappa shape index (κ2) is 4.96. The number of amides is 1. The zero-order chi connectivity index (χ0) is 8.85. The average molecular weight is 180 g/mol. The Kier molecular flexibility index (Phi) is 4.61. The second-order valence-corrected chi connectivity index (χ2v) is 2.56. The van der Waals surface area contributed by atoms with Crippen LogP contribution in [0.3, 0.4) is 0 Å². The number of rotatable bonds is 3. The Hall–Kier alpha value is -0.770. The number of carbonyl (C=O) groups excluding carboxylic acids is 2. The molecular weight excluding hydrogens is 170 g/mol. The van der Waals surface area contributed by atoms with E-state index in [9.17, 15) is 9.59 Å². The zero-order valence-electron chi connectivity index (χ0n) is 6.39. The van der Waals surface area contributed by atoms with Crippen molar-refractivity contribution in [3.63, 3.8) is 0 Å². The minimum absolute atomic E-state index is 0.133.